The van der Waals surface area contributed by atoms with Crippen molar-refractivity contribution in [3.63, 3.8) is 0 Å². The summed E-state index contributed by atoms with van der Waals surface area (Å²) in [6.07, 6.45) is 10.6. The van der Waals surface area contributed by atoms with Crippen molar-refractivity contribution in [3.05, 3.63) is 66.0 Å². The first-order valence-corrected chi connectivity index (χ1v) is 10.2. The van der Waals surface area contributed by atoms with Gasteiger partial charge in [-0.25, -0.2) is 0 Å². The minimum Gasteiger partial charge on any atom is -0.362 e. The number of carbonyl (C=O) groups is 2. The van der Waals surface area contributed by atoms with Crippen molar-refractivity contribution in [3.8, 4) is 0 Å². The average Bonchev–Trinajstić information content (AvgIpc) is 3.26. The van der Waals surface area contributed by atoms with Gasteiger partial charge in [-0.2, -0.15) is 0 Å². The zero-order valence-corrected chi connectivity index (χ0v) is 16.3. The molecule has 0 spiro atoms. The first-order valence-electron chi connectivity index (χ1n) is 10.2. The Kier molecular flexibility index (Phi) is 7.47. The first kappa shape index (κ1) is 19.9. The van der Waals surface area contributed by atoms with Crippen LogP contribution in [0.2, 0.25) is 0 Å². The van der Waals surface area contributed by atoms with E-state index in [1.165, 1.54) is 6.42 Å². The summed E-state index contributed by atoms with van der Waals surface area (Å²) in [4.78, 5) is 29.3. The maximum atomic E-state index is 12.5. The second-order valence-electron chi connectivity index (χ2n) is 7.35. The lowest BCUT2D eigenvalue weighted by Crippen LogP contribution is -2.38. The van der Waals surface area contributed by atoms with Crippen LogP contribution in [0.5, 0.6) is 0 Å². The third kappa shape index (κ3) is 6.12. The Hall–Kier alpha value is -2.82. The van der Waals surface area contributed by atoms with Gasteiger partial charge in [0.15, 0.2) is 0 Å². The number of benzene rings is 1. The standard InChI is InChI=1S/C23H29N3O2/c27-22(12-11-21-10-6-16-24-21)25-15-5-4-7-19-13-17-26(18-14-19)23(28)20-8-2-1-3-9-20/h1-3,6,8-12,16,19,24H,4-5,7,13-15,17-18H2,(H,25,27)/b12-11+. The van der Waals surface area contributed by atoms with Gasteiger partial charge in [-0.15, -0.1) is 0 Å². The highest BCUT2D eigenvalue weighted by atomic mass is 16.2. The second kappa shape index (κ2) is 10.5. The summed E-state index contributed by atoms with van der Waals surface area (Å²) < 4.78 is 0. The number of hydrogen-bond donors (Lipinski definition) is 2. The lowest BCUT2D eigenvalue weighted by molar-refractivity contribution is -0.116. The van der Waals surface area contributed by atoms with Crippen molar-refractivity contribution < 1.29 is 9.59 Å². The number of aromatic nitrogens is 1. The average molecular weight is 380 g/mol. The first-order chi connectivity index (χ1) is 13.7. The highest BCUT2D eigenvalue weighted by Crippen LogP contribution is 2.23. The molecular formula is C23H29N3O2. The number of rotatable bonds is 8. The molecule has 0 radical (unpaired) electrons. The van der Waals surface area contributed by atoms with E-state index in [-0.39, 0.29) is 11.8 Å². The van der Waals surface area contributed by atoms with Gasteiger partial charge in [0.2, 0.25) is 5.91 Å². The maximum Gasteiger partial charge on any atom is 0.253 e. The fraction of sp³-hybridized carbons (Fsp3) is 0.391. The topological polar surface area (TPSA) is 65.2 Å². The Morgan fingerprint density at radius 1 is 1.07 bits per heavy atom. The number of unbranched alkanes of at least 4 members (excludes halogenated alkanes) is 1. The minimum atomic E-state index is -0.0534. The van der Waals surface area contributed by atoms with Crippen molar-refractivity contribution in [1.82, 2.24) is 15.2 Å². The molecule has 0 bridgehead atoms. The molecule has 148 valence electrons. The molecule has 1 saturated heterocycles. The van der Waals surface area contributed by atoms with Gasteiger partial charge in [-0.05, 0) is 55.5 Å². The molecule has 28 heavy (non-hydrogen) atoms. The molecule has 0 unspecified atom stereocenters. The van der Waals surface area contributed by atoms with Crippen LogP contribution in [0.4, 0.5) is 0 Å². The van der Waals surface area contributed by atoms with Gasteiger partial charge in [-0.3, -0.25) is 9.59 Å². The number of carbonyl (C=O) groups excluding carboxylic acids is 2. The zero-order valence-electron chi connectivity index (χ0n) is 16.3. The van der Waals surface area contributed by atoms with Gasteiger partial charge >= 0.3 is 0 Å². The number of nitrogens with one attached hydrogen (secondary N) is 2. The van der Waals surface area contributed by atoms with Crippen LogP contribution in [0.3, 0.4) is 0 Å². The second-order valence-corrected chi connectivity index (χ2v) is 7.35. The van der Waals surface area contributed by atoms with E-state index in [1.54, 1.807) is 12.2 Å². The van der Waals surface area contributed by atoms with Crippen LogP contribution in [-0.4, -0.2) is 41.3 Å². The quantitative estimate of drug-likeness (QED) is 0.540. The molecule has 2 N–H and O–H groups in total. The molecule has 0 saturated carbocycles. The Labute approximate surface area is 166 Å². The van der Waals surface area contributed by atoms with Gasteiger partial charge in [0, 0.05) is 43.2 Å². The number of piperidine rings is 1. The van der Waals surface area contributed by atoms with Crippen LogP contribution in [-0.2, 0) is 4.79 Å². The SMILES string of the molecule is O=C(/C=C/c1ccc[nH]1)NCCCCC1CCN(C(=O)c2ccccc2)CC1. The minimum absolute atomic E-state index is 0.0534. The van der Waals surface area contributed by atoms with Crippen LogP contribution in [0.1, 0.15) is 48.2 Å². The summed E-state index contributed by atoms with van der Waals surface area (Å²) in [6.45, 7) is 2.40. The van der Waals surface area contributed by atoms with Crippen molar-refractivity contribution in [2.45, 2.75) is 32.1 Å². The molecule has 1 aliphatic heterocycles. The summed E-state index contributed by atoms with van der Waals surface area (Å²) in [5, 5.41) is 2.93. The lowest BCUT2D eigenvalue weighted by atomic mass is 9.91. The molecule has 2 heterocycles. The van der Waals surface area contributed by atoms with Crippen LogP contribution in [0, 0.1) is 5.92 Å². The van der Waals surface area contributed by atoms with Crippen LogP contribution < -0.4 is 5.32 Å². The van der Waals surface area contributed by atoms with Crippen molar-refractivity contribution in [2.75, 3.05) is 19.6 Å². The van der Waals surface area contributed by atoms with E-state index in [0.717, 1.165) is 50.0 Å². The molecule has 2 amide bonds. The number of nitrogens with zero attached hydrogens (tertiary/aromatic N) is 1. The van der Waals surface area contributed by atoms with Crippen molar-refractivity contribution in [2.24, 2.45) is 5.92 Å². The molecule has 3 rings (SSSR count). The number of aromatic amines is 1. The van der Waals surface area contributed by atoms with Gasteiger partial charge in [0.05, 0.1) is 0 Å². The van der Waals surface area contributed by atoms with E-state index in [0.29, 0.717) is 12.5 Å². The molecule has 5 nitrogen and oxygen atoms in total. The normalized spacial score (nSPS) is 15.1. The summed E-state index contributed by atoms with van der Waals surface area (Å²) in [5.74, 6) is 0.778. The van der Waals surface area contributed by atoms with Gasteiger partial charge in [0.1, 0.15) is 0 Å². The monoisotopic (exact) mass is 379 g/mol. The Bertz CT molecular complexity index is 760. The fourth-order valence-electron chi connectivity index (χ4n) is 3.63. The van der Waals surface area contributed by atoms with Crippen LogP contribution >= 0.6 is 0 Å². The fourth-order valence-corrected chi connectivity index (χ4v) is 3.63. The van der Waals surface area contributed by atoms with E-state index in [1.807, 2.05) is 53.6 Å². The van der Waals surface area contributed by atoms with Crippen molar-refractivity contribution >= 4 is 17.9 Å². The number of hydrogen-bond acceptors (Lipinski definition) is 2. The Morgan fingerprint density at radius 2 is 1.86 bits per heavy atom. The van der Waals surface area contributed by atoms with E-state index in [9.17, 15) is 9.59 Å². The Morgan fingerprint density at radius 3 is 2.57 bits per heavy atom. The molecule has 5 heteroatoms. The molecule has 0 atom stereocenters. The molecule has 2 aromatic rings. The highest BCUT2D eigenvalue weighted by Gasteiger charge is 2.23. The van der Waals surface area contributed by atoms with E-state index < -0.39 is 0 Å². The maximum absolute atomic E-state index is 12.5. The Balaban J connectivity index is 1.26. The molecule has 1 aromatic heterocycles. The predicted molar refractivity (Wildman–Crippen MR) is 112 cm³/mol. The lowest BCUT2D eigenvalue weighted by Gasteiger charge is -2.32. The number of amides is 2. The van der Waals surface area contributed by atoms with Crippen molar-refractivity contribution in [1.29, 1.82) is 0 Å². The molecule has 1 fully saturated rings. The zero-order chi connectivity index (χ0) is 19.6. The summed E-state index contributed by atoms with van der Waals surface area (Å²) >= 11 is 0. The summed E-state index contributed by atoms with van der Waals surface area (Å²) in [5.41, 5.74) is 1.70. The van der Waals surface area contributed by atoms with Crippen LogP contribution in [0.15, 0.2) is 54.7 Å². The highest BCUT2D eigenvalue weighted by molar-refractivity contribution is 5.94. The van der Waals surface area contributed by atoms with E-state index in [2.05, 4.69) is 10.3 Å². The predicted octanol–water partition coefficient (Wildman–Crippen LogP) is 3.87. The summed E-state index contributed by atoms with van der Waals surface area (Å²) in [6, 6.07) is 13.3. The number of H-pyrrole nitrogens is 1. The van der Waals surface area contributed by atoms with Crippen LogP contribution in [0.25, 0.3) is 6.08 Å². The number of likely N-dealkylation sites (tertiary alicyclic amines) is 1. The van der Waals surface area contributed by atoms with Gasteiger partial charge in [-0.1, -0.05) is 31.0 Å². The van der Waals surface area contributed by atoms with E-state index in [4.69, 9.17) is 0 Å². The van der Waals surface area contributed by atoms with Gasteiger partial charge < -0.3 is 15.2 Å². The molecule has 1 aliphatic rings. The third-order valence-corrected chi connectivity index (χ3v) is 5.30. The smallest absolute Gasteiger partial charge is 0.253 e. The molecule has 0 aliphatic carbocycles. The summed E-state index contributed by atoms with van der Waals surface area (Å²) in [7, 11) is 0. The van der Waals surface area contributed by atoms with Gasteiger partial charge in [0.25, 0.3) is 5.91 Å². The molecule has 1 aromatic carbocycles. The largest absolute Gasteiger partial charge is 0.362 e. The third-order valence-electron chi connectivity index (χ3n) is 5.30. The van der Waals surface area contributed by atoms with E-state index >= 15 is 0 Å². The molecular weight excluding hydrogens is 350 g/mol.